The van der Waals surface area contributed by atoms with Gasteiger partial charge < -0.3 is 9.30 Å². The Morgan fingerprint density at radius 2 is 1.89 bits per heavy atom. The van der Waals surface area contributed by atoms with E-state index in [2.05, 4.69) is 15.3 Å². The van der Waals surface area contributed by atoms with E-state index in [0.717, 1.165) is 6.20 Å². The number of hydrogen-bond donors (Lipinski definition) is 1. The number of nitrogens with one attached hydrogen (secondary N) is 1. The number of hydrogen-bond acceptors (Lipinski definition) is 5. The molecule has 0 aliphatic heterocycles. The standard InChI is InChI=1S/C20H21FN4O3/c1-11-14(9-22-10-15(11)21)13-6-12-8-23-17(7-16(12)25(5)18(13)26)24-19(27)28-20(2,3)4/h6-10H,1-5H3,(H,23,24,27). The Morgan fingerprint density at radius 3 is 2.57 bits per heavy atom. The number of carbonyl (C=O) groups is 1. The summed E-state index contributed by atoms with van der Waals surface area (Å²) < 4.78 is 20.5. The van der Waals surface area contributed by atoms with E-state index in [1.807, 2.05) is 0 Å². The van der Waals surface area contributed by atoms with Gasteiger partial charge in [-0.15, -0.1) is 0 Å². The summed E-state index contributed by atoms with van der Waals surface area (Å²) in [6.07, 6.45) is 3.47. The van der Waals surface area contributed by atoms with Crippen LogP contribution in [0.3, 0.4) is 0 Å². The molecular weight excluding hydrogens is 363 g/mol. The molecule has 0 unspecified atom stereocenters. The minimum Gasteiger partial charge on any atom is -0.444 e. The average Bonchev–Trinajstić information content (AvgIpc) is 2.59. The Hall–Kier alpha value is -3.29. The summed E-state index contributed by atoms with van der Waals surface area (Å²) in [7, 11) is 1.60. The van der Waals surface area contributed by atoms with Crippen molar-refractivity contribution in [2.24, 2.45) is 7.05 Å². The van der Waals surface area contributed by atoms with E-state index in [1.165, 1.54) is 17.0 Å². The molecule has 0 saturated carbocycles. The maximum atomic E-state index is 13.9. The number of pyridine rings is 3. The predicted molar refractivity (Wildman–Crippen MR) is 105 cm³/mol. The monoisotopic (exact) mass is 384 g/mol. The Kier molecular flexibility index (Phi) is 4.89. The van der Waals surface area contributed by atoms with Gasteiger partial charge in [-0.1, -0.05) is 0 Å². The van der Waals surface area contributed by atoms with Gasteiger partial charge in [0.15, 0.2) is 0 Å². The highest BCUT2D eigenvalue weighted by atomic mass is 19.1. The first-order chi connectivity index (χ1) is 13.1. The van der Waals surface area contributed by atoms with Gasteiger partial charge in [-0.25, -0.2) is 14.2 Å². The van der Waals surface area contributed by atoms with Crippen LogP contribution in [-0.4, -0.2) is 26.2 Å². The fourth-order valence-corrected chi connectivity index (χ4v) is 2.80. The van der Waals surface area contributed by atoms with Crippen LogP contribution in [0.2, 0.25) is 0 Å². The second kappa shape index (κ2) is 7.03. The van der Waals surface area contributed by atoms with Crippen molar-refractivity contribution >= 4 is 22.8 Å². The van der Waals surface area contributed by atoms with Crippen molar-refractivity contribution in [3.05, 3.63) is 52.5 Å². The van der Waals surface area contributed by atoms with Gasteiger partial charge in [-0.2, -0.15) is 0 Å². The Morgan fingerprint density at radius 1 is 1.18 bits per heavy atom. The van der Waals surface area contributed by atoms with Crippen LogP contribution >= 0.6 is 0 Å². The molecule has 146 valence electrons. The first-order valence-electron chi connectivity index (χ1n) is 8.67. The molecule has 3 heterocycles. The van der Waals surface area contributed by atoms with Crippen LogP contribution in [-0.2, 0) is 11.8 Å². The van der Waals surface area contributed by atoms with Gasteiger partial charge in [0.05, 0.1) is 11.7 Å². The Labute approximate surface area is 161 Å². The predicted octanol–water partition coefficient (Wildman–Crippen LogP) is 3.79. The van der Waals surface area contributed by atoms with Gasteiger partial charge in [0.1, 0.15) is 17.2 Å². The molecule has 0 spiro atoms. The van der Waals surface area contributed by atoms with Crippen molar-refractivity contribution in [3.63, 3.8) is 0 Å². The number of carbonyl (C=O) groups excluding carboxylic acids is 1. The Bertz CT molecular complexity index is 1130. The van der Waals surface area contributed by atoms with E-state index in [1.54, 1.807) is 46.9 Å². The zero-order valence-electron chi connectivity index (χ0n) is 16.3. The molecule has 0 bridgehead atoms. The number of ether oxygens (including phenoxy) is 1. The third-order valence-corrected chi connectivity index (χ3v) is 4.18. The number of amides is 1. The second-order valence-corrected chi connectivity index (χ2v) is 7.47. The molecule has 3 rings (SSSR count). The number of fused-ring (bicyclic) bond motifs is 1. The van der Waals surface area contributed by atoms with E-state index in [0.29, 0.717) is 27.6 Å². The van der Waals surface area contributed by atoms with Crippen LogP contribution in [0.25, 0.3) is 22.0 Å². The van der Waals surface area contributed by atoms with Gasteiger partial charge in [0.2, 0.25) is 0 Å². The van der Waals surface area contributed by atoms with E-state index >= 15 is 0 Å². The molecule has 1 N–H and O–H groups in total. The topological polar surface area (TPSA) is 86.1 Å². The van der Waals surface area contributed by atoms with Crippen LogP contribution in [0.15, 0.2) is 35.5 Å². The van der Waals surface area contributed by atoms with E-state index in [-0.39, 0.29) is 11.4 Å². The van der Waals surface area contributed by atoms with Crippen LogP contribution in [0, 0.1) is 12.7 Å². The highest BCUT2D eigenvalue weighted by Gasteiger charge is 2.18. The largest absolute Gasteiger partial charge is 0.444 e. The molecule has 0 atom stereocenters. The van der Waals surface area contributed by atoms with Gasteiger partial charge in [-0.05, 0) is 39.3 Å². The number of anilines is 1. The molecule has 0 radical (unpaired) electrons. The smallest absolute Gasteiger partial charge is 0.413 e. The second-order valence-electron chi connectivity index (χ2n) is 7.47. The molecule has 1 amide bonds. The molecule has 0 aliphatic rings. The van der Waals surface area contributed by atoms with Crippen molar-refractivity contribution in [2.45, 2.75) is 33.3 Å². The molecule has 3 aromatic rings. The Balaban J connectivity index is 2.05. The molecule has 7 nitrogen and oxygen atoms in total. The van der Waals surface area contributed by atoms with E-state index in [9.17, 15) is 14.0 Å². The minimum atomic E-state index is -0.639. The molecular formula is C20H21FN4O3. The number of halogens is 1. The van der Waals surface area contributed by atoms with Gasteiger partial charge in [0, 0.05) is 42.0 Å². The SMILES string of the molecule is Cc1c(F)cncc1-c1cc2cnc(NC(=O)OC(C)(C)C)cc2n(C)c1=O. The van der Waals surface area contributed by atoms with Crippen molar-refractivity contribution in [1.82, 2.24) is 14.5 Å². The van der Waals surface area contributed by atoms with Crippen LogP contribution in [0.5, 0.6) is 0 Å². The number of aromatic nitrogens is 3. The van der Waals surface area contributed by atoms with Crippen molar-refractivity contribution in [1.29, 1.82) is 0 Å². The third-order valence-electron chi connectivity index (χ3n) is 4.18. The normalized spacial score (nSPS) is 11.5. The van der Waals surface area contributed by atoms with Gasteiger partial charge in [-0.3, -0.25) is 15.1 Å². The lowest BCUT2D eigenvalue weighted by molar-refractivity contribution is 0.0635. The number of aryl methyl sites for hydroxylation is 1. The van der Waals surface area contributed by atoms with E-state index in [4.69, 9.17) is 4.74 Å². The summed E-state index contributed by atoms with van der Waals surface area (Å²) in [5.41, 5.74) is 0.726. The summed E-state index contributed by atoms with van der Waals surface area (Å²) in [6, 6.07) is 3.23. The summed E-state index contributed by atoms with van der Waals surface area (Å²) >= 11 is 0. The summed E-state index contributed by atoms with van der Waals surface area (Å²) in [4.78, 5) is 32.8. The highest BCUT2D eigenvalue weighted by Crippen LogP contribution is 2.25. The van der Waals surface area contributed by atoms with Crippen molar-refractivity contribution in [3.8, 4) is 11.1 Å². The number of rotatable bonds is 2. The average molecular weight is 384 g/mol. The molecule has 8 heteroatoms. The molecule has 0 aliphatic carbocycles. The first kappa shape index (κ1) is 19.5. The fourth-order valence-electron chi connectivity index (χ4n) is 2.80. The third kappa shape index (κ3) is 3.85. The summed E-state index contributed by atoms with van der Waals surface area (Å²) in [5, 5.41) is 3.22. The molecule has 0 aromatic carbocycles. The number of nitrogens with zero attached hydrogens (tertiary/aromatic N) is 3. The zero-order chi connectivity index (χ0) is 20.6. The lowest BCUT2D eigenvalue weighted by atomic mass is 10.0. The molecule has 0 saturated heterocycles. The quantitative estimate of drug-likeness (QED) is 0.726. The van der Waals surface area contributed by atoms with Crippen molar-refractivity contribution < 1.29 is 13.9 Å². The molecule has 28 heavy (non-hydrogen) atoms. The summed E-state index contributed by atoms with van der Waals surface area (Å²) in [6.45, 7) is 6.88. The maximum absolute atomic E-state index is 13.9. The van der Waals surface area contributed by atoms with Gasteiger partial charge >= 0.3 is 6.09 Å². The first-order valence-corrected chi connectivity index (χ1v) is 8.67. The van der Waals surface area contributed by atoms with Gasteiger partial charge in [0.25, 0.3) is 5.56 Å². The lowest BCUT2D eigenvalue weighted by Gasteiger charge is -2.19. The summed E-state index contributed by atoms with van der Waals surface area (Å²) in [5.74, 6) is -0.220. The highest BCUT2D eigenvalue weighted by molar-refractivity contribution is 5.89. The van der Waals surface area contributed by atoms with Crippen LogP contribution in [0.4, 0.5) is 15.0 Å². The van der Waals surface area contributed by atoms with E-state index < -0.39 is 17.5 Å². The lowest BCUT2D eigenvalue weighted by Crippen LogP contribution is -2.27. The maximum Gasteiger partial charge on any atom is 0.413 e. The zero-order valence-corrected chi connectivity index (χ0v) is 16.3. The molecule has 3 aromatic heterocycles. The van der Waals surface area contributed by atoms with Crippen LogP contribution in [0.1, 0.15) is 26.3 Å². The minimum absolute atomic E-state index is 0.258. The van der Waals surface area contributed by atoms with Crippen LogP contribution < -0.4 is 10.9 Å². The molecule has 0 fully saturated rings. The van der Waals surface area contributed by atoms with Crippen molar-refractivity contribution in [2.75, 3.05) is 5.32 Å². The fraction of sp³-hybridized carbons (Fsp3) is 0.300.